The van der Waals surface area contributed by atoms with Crippen molar-refractivity contribution < 1.29 is 0 Å². The quantitative estimate of drug-likeness (QED) is 0.846. The molecule has 2 N–H and O–H groups in total. The maximum absolute atomic E-state index is 6.45. The molecule has 2 rings (SSSR count). The molecular formula is C19H32N2. The average Bonchev–Trinajstić information content (AvgIpc) is 2.50. The predicted molar refractivity (Wildman–Crippen MR) is 91.4 cm³/mol. The van der Waals surface area contributed by atoms with E-state index in [9.17, 15) is 0 Å². The van der Waals surface area contributed by atoms with E-state index >= 15 is 0 Å². The summed E-state index contributed by atoms with van der Waals surface area (Å²) in [5, 5.41) is 0. The van der Waals surface area contributed by atoms with Gasteiger partial charge in [0.1, 0.15) is 0 Å². The Morgan fingerprint density at radius 2 is 1.76 bits per heavy atom. The molecule has 1 aliphatic rings. The second-order valence-corrected chi connectivity index (χ2v) is 6.87. The first-order valence-electron chi connectivity index (χ1n) is 8.64. The Morgan fingerprint density at radius 3 is 2.33 bits per heavy atom. The van der Waals surface area contributed by atoms with Gasteiger partial charge in [-0.05, 0) is 44.7 Å². The molecule has 0 radical (unpaired) electrons. The molecule has 21 heavy (non-hydrogen) atoms. The SMILES string of the molecule is CCC(N)C(c1ccc(C)cc1)N(C)CC1CCCCC1. The summed E-state index contributed by atoms with van der Waals surface area (Å²) in [4.78, 5) is 2.51. The zero-order valence-corrected chi connectivity index (χ0v) is 14.0. The van der Waals surface area contributed by atoms with E-state index in [1.807, 2.05) is 0 Å². The molecule has 0 bridgehead atoms. The minimum absolute atomic E-state index is 0.210. The van der Waals surface area contributed by atoms with Crippen LogP contribution in [0.25, 0.3) is 0 Å². The summed E-state index contributed by atoms with van der Waals surface area (Å²) < 4.78 is 0. The molecule has 118 valence electrons. The third-order valence-corrected chi connectivity index (χ3v) is 5.04. The van der Waals surface area contributed by atoms with Crippen LogP contribution in [-0.2, 0) is 0 Å². The van der Waals surface area contributed by atoms with Gasteiger partial charge in [-0.3, -0.25) is 4.90 Å². The maximum atomic E-state index is 6.45. The maximum Gasteiger partial charge on any atom is 0.0496 e. The van der Waals surface area contributed by atoms with Crippen molar-refractivity contribution >= 4 is 0 Å². The van der Waals surface area contributed by atoms with Crippen molar-refractivity contribution in [2.45, 2.75) is 64.5 Å². The number of hydrogen-bond donors (Lipinski definition) is 1. The molecule has 0 heterocycles. The lowest BCUT2D eigenvalue weighted by molar-refractivity contribution is 0.161. The lowest BCUT2D eigenvalue weighted by Crippen LogP contribution is -2.41. The first kappa shape index (κ1) is 16.5. The van der Waals surface area contributed by atoms with Gasteiger partial charge in [-0.1, -0.05) is 56.0 Å². The zero-order chi connectivity index (χ0) is 15.2. The molecule has 0 amide bonds. The van der Waals surface area contributed by atoms with Crippen LogP contribution in [0, 0.1) is 12.8 Å². The van der Waals surface area contributed by atoms with Crippen LogP contribution >= 0.6 is 0 Å². The summed E-state index contributed by atoms with van der Waals surface area (Å²) in [5.74, 6) is 0.862. The Balaban J connectivity index is 2.09. The number of rotatable bonds is 6. The monoisotopic (exact) mass is 288 g/mol. The van der Waals surface area contributed by atoms with Crippen LogP contribution in [0.5, 0.6) is 0 Å². The summed E-state index contributed by atoms with van der Waals surface area (Å²) in [6.45, 7) is 5.52. The molecule has 2 nitrogen and oxygen atoms in total. The highest BCUT2D eigenvalue weighted by Crippen LogP contribution is 2.29. The number of nitrogens with two attached hydrogens (primary N) is 1. The number of aryl methyl sites for hydroxylation is 1. The lowest BCUT2D eigenvalue weighted by Gasteiger charge is -2.36. The molecule has 1 saturated carbocycles. The van der Waals surface area contributed by atoms with Crippen LogP contribution in [0.15, 0.2) is 24.3 Å². The summed E-state index contributed by atoms with van der Waals surface area (Å²) in [6, 6.07) is 9.48. The van der Waals surface area contributed by atoms with Crippen LogP contribution in [-0.4, -0.2) is 24.5 Å². The number of hydrogen-bond acceptors (Lipinski definition) is 2. The van der Waals surface area contributed by atoms with E-state index in [4.69, 9.17) is 5.73 Å². The number of benzene rings is 1. The van der Waals surface area contributed by atoms with E-state index in [0.717, 1.165) is 12.3 Å². The molecule has 0 aliphatic heterocycles. The van der Waals surface area contributed by atoms with Crippen LogP contribution < -0.4 is 5.73 Å². The molecule has 1 aliphatic carbocycles. The van der Waals surface area contributed by atoms with Gasteiger partial charge in [0, 0.05) is 18.6 Å². The average molecular weight is 288 g/mol. The zero-order valence-electron chi connectivity index (χ0n) is 14.0. The van der Waals surface area contributed by atoms with Crippen molar-refractivity contribution in [1.29, 1.82) is 0 Å². The highest BCUT2D eigenvalue weighted by molar-refractivity contribution is 5.25. The summed E-state index contributed by atoms with van der Waals surface area (Å²) in [7, 11) is 2.26. The molecule has 0 aromatic heterocycles. The van der Waals surface area contributed by atoms with Crippen molar-refractivity contribution in [2.75, 3.05) is 13.6 Å². The van der Waals surface area contributed by atoms with Crippen LogP contribution in [0.3, 0.4) is 0 Å². The molecule has 2 atom stereocenters. The van der Waals surface area contributed by atoms with Gasteiger partial charge >= 0.3 is 0 Å². The van der Waals surface area contributed by atoms with E-state index < -0.39 is 0 Å². The van der Waals surface area contributed by atoms with E-state index in [-0.39, 0.29) is 6.04 Å². The molecule has 1 aromatic rings. The smallest absolute Gasteiger partial charge is 0.0496 e. The highest BCUT2D eigenvalue weighted by atomic mass is 15.1. The number of likely N-dealkylation sites (N-methyl/N-ethyl adjacent to an activating group) is 1. The van der Waals surface area contributed by atoms with Crippen LogP contribution in [0.2, 0.25) is 0 Å². The molecule has 2 unspecified atom stereocenters. The minimum atomic E-state index is 0.210. The van der Waals surface area contributed by atoms with Crippen molar-refractivity contribution in [3.63, 3.8) is 0 Å². The summed E-state index contributed by atoms with van der Waals surface area (Å²) >= 11 is 0. The first-order chi connectivity index (χ1) is 10.1. The van der Waals surface area contributed by atoms with Crippen molar-refractivity contribution in [2.24, 2.45) is 11.7 Å². The molecule has 1 aromatic carbocycles. The van der Waals surface area contributed by atoms with Gasteiger partial charge in [-0.15, -0.1) is 0 Å². The van der Waals surface area contributed by atoms with Crippen molar-refractivity contribution in [1.82, 2.24) is 4.90 Å². The largest absolute Gasteiger partial charge is 0.326 e. The Hall–Kier alpha value is -0.860. The third-order valence-electron chi connectivity index (χ3n) is 5.04. The van der Waals surface area contributed by atoms with E-state index in [1.54, 1.807) is 0 Å². The van der Waals surface area contributed by atoms with Crippen molar-refractivity contribution in [3.8, 4) is 0 Å². The molecule has 2 heteroatoms. The normalized spacial score (nSPS) is 19.7. The molecule has 0 spiro atoms. The predicted octanol–water partition coefficient (Wildman–Crippen LogP) is 4.29. The fourth-order valence-corrected chi connectivity index (χ4v) is 3.71. The second kappa shape index (κ2) is 7.95. The second-order valence-electron chi connectivity index (χ2n) is 6.87. The fourth-order valence-electron chi connectivity index (χ4n) is 3.71. The van der Waals surface area contributed by atoms with E-state index in [0.29, 0.717) is 6.04 Å². The van der Waals surface area contributed by atoms with E-state index in [1.165, 1.54) is 49.8 Å². The lowest BCUT2D eigenvalue weighted by atomic mass is 9.87. The Kier molecular flexibility index (Phi) is 6.25. The minimum Gasteiger partial charge on any atom is -0.326 e. The summed E-state index contributed by atoms with van der Waals surface area (Å²) in [6.07, 6.45) is 8.06. The molecular weight excluding hydrogens is 256 g/mol. The van der Waals surface area contributed by atoms with Gasteiger partial charge in [0.2, 0.25) is 0 Å². The van der Waals surface area contributed by atoms with Gasteiger partial charge in [0.05, 0.1) is 0 Å². The van der Waals surface area contributed by atoms with Crippen LogP contribution in [0.1, 0.15) is 62.6 Å². The standard InChI is InChI=1S/C19H32N2/c1-4-18(20)19(17-12-10-15(2)11-13-17)21(3)14-16-8-6-5-7-9-16/h10-13,16,18-19H,4-9,14,20H2,1-3H3. The Bertz CT molecular complexity index is 406. The molecule has 1 fully saturated rings. The van der Waals surface area contributed by atoms with Gasteiger partial charge in [0.25, 0.3) is 0 Å². The topological polar surface area (TPSA) is 29.3 Å². The first-order valence-corrected chi connectivity index (χ1v) is 8.64. The Labute approximate surface area is 130 Å². The van der Waals surface area contributed by atoms with Gasteiger partial charge < -0.3 is 5.73 Å². The van der Waals surface area contributed by atoms with E-state index in [2.05, 4.69) is 50.1 Å². The molecule has 0 saturated heterocycles. The van der Waals surface area contributed by atoms with Crippen molar-refractivity contribution in [3.05, 3.63) is 35.4 Å². The summed E-state index contributed by atoms with van der Waals surface area (Å²) in [5.41, 5.74) is 9.14. The highest BCUT2D eigenvalue weighted by Gasteiger charge is 2.25. The number of nitrogens with zero attached hydrogens (tertiary/aromatic N) is 1. The Morgan fingerprint density at radius 1 is 1.14 bits per heavy atom. The third kappa shape index (κ3) is 4.55. The fraction of sp³-hybridized carbons (Fsp3) is 0.684. The van der Waals surface area contributed by atoms with Gasteiger partial charge in [0.15, 0.2) is 0 Å². The van der Waals surface area contributed by atoms with Crippen LogP contribution in [0.4, 0.5) is 0 Å². The van der Waals surface area contributed by atoms with Gasteiger partial charge in [-0.25, -0.2) is 0 Å². The van der Waals surface area contributed by atoms with Gasteiger partial charge in [-0.2, -0.15) is 0 Å².